The van der Waals surface area contributed by atoms with Gasteiger partial charge in [-0.05, 0) is 71.5 Å². The highest BCUT2D eigenvalue weighted by Gasteiger charge is 2.23. The van der Waals surface area contributed by atoms with Crippen molar-refractivity contribution >= 4 is 17.3 Å². The van der Waals surface area contributed by atoms with E-state index in [2.05, 4.69) is 12.1 Å². The van der Waals surface area contributed by atoms with Crippen molar-refractivity contribution in [2.75, 3.05) is 13.9 Å². The molecule has 0 saturated heterocycles. The van der Waals surface area contributed by atoms with Gasteiger partial charge in [0.25, 0.3) is 0 Å². The van der Waals surface area contributed by atoms with Crippen molar-refractivity contribution in [1.82, 2.24) is 0 Å². The second-order valence-electron chi connectivity index (χ2n) is 6.75. The molecular formula is C22H18O5S. The summed E-state index contributed by atoms with van der Waals surface area (Å²) in [7, 11) is 1.68. The molecule has 0 atom stereocenters. The Morgan fingerprint density at radius 1 is 1.04 bits per heavy atom. The molecule has 1 aliphatic carbocycles. The molecule has 28 heavy (non-hydrogen) atoms. The molecular weight excluding hydrogens is 376 g/mol. The minimum atomic E-state index is -0.299. The smallest absolute Gasteiger partial charge is 0.348 e. The summed E-state index contributed by atoms with van der Waals surface area (Å²) >= 11 is 1.49. The van der Waals surface area contributed by atoms with Gasteiger partial charge in [-0.15, -0.1) is 11.3 Å². The lowest BCUT2D eigenvalue weighted by Crippen LogP contribution is -2.03. The lowest BCUT2D eigenvalue weighted by atomic mass is 9.91. The van der Waals surface area contributed by atoms with Crippen molar-refractivity contribution in [2.24, 2.45) is 0 Å². The number of methoxy groups -OCH3 is 1. The Balaban J connectivity index is 1.33. The summed E-state index contributed by atoms with van der Waals surface area (Å²) in [5.41, 5.74) is 4.52. The van der Waals surface area contributed by atoms with E-state index in [0.29, 0.717) is 10.6 Å². The number of ether oxygens (including phenoxy) is 4. The quantitative estimate of drug-likeness (QED) is 0.605. The summed E-state index contributed by atoms with van der Waals surface area (Å²) in [5, 5.41) is 0. The average Bonchev–Trinajstić information content (AvgIpc) is 3.37. The number of rotatable bonds is 4. The van der Waals surface area contributed by atoms with Gasteiger partial charge in [0.15, 0.2) is 11.5 Å². The van der Waals surface area contributed by atoms with Gasteiger partial charge < -0.3 is 18.9 Å². The second kappa shape index (κ2) is 6.87. The molecule has 0 amide bonds. The molecule has 0 saturated carbocycles. The first-order valence-corrected chi connectivity index (χ1v) is 9.88. The molecule has 0 spiro atoms. The van der Waals surface area contributed by atoms with Gasteiger partial charge in [-0.1, -0.05) is 6.07 Å². The van der Waals surface area contributed by atoms with Crippen LogP contribution in [0.25, 0.3) is 10.4 Å². The van der Waals surface area contributed by atoms with E-state index in [9.17, 15) is 4.79 Å². The van der Waals surface area contributed by atoms with Crippen LogP contribution in [0.1, 0.15) is 26.4 Å². The molecule has 0 N–H and O–H groups in total. The van der Waals surface area contributed by atoms with Crippen LogP contribution in [-0.4, -0.2) is 19.9 Å². The predicted octanol–water partition coefficient (Wildman–Crippen LogP) is 4.61. The number of esters is 1. The molecule has 2 heterocycles. The highest BCUT2D eigenvalue weighted by Crippen LogP contribution is 2.41. The minimum Gasteiger partial charge on any atom is -0.497 e. The summed E-state index contributed by atoms with van der Waals surface area (Å²) in [6.45, 7) is 0.429. The molecule has 3 aromatic rings. The fourth-order valence-corrected chi connectivity index (χ4v) is 4.75. The summed E-state index contributed by atoms with van der Waals surface area (Å²) < 4.78 is 21.5. The van der Waals surface area contributed by atoms with Crippen LogP contribution in [0.5, 0.6) is 17.2 Å². The molecule has 1 aliphatic heterocycles. The number of carbonyl (C=O) groups is 1. The van der Waals surface area contributed by atoms with Crippen LogP contribution >= 0.6 is 11.3 Å². The van der Waals surface area contributed by atoms with Crippen LogP contribution in [0.4, 0.5) is 0 Å². The monoisotopic (exact) mass is 394 g/mol. The van der Waals surface area contributed by atoms with Crippen LogP contribution < -0.4 is 14.2 Å². The molecule has 5 rings (SSSR count). The lowest BCUT2D eigenvalue weighted by molar-refractivity contribution is 0.0478. The van der Waals surface area contributed by atoms with E-state index < -0.39 is 0 Å². The van der Waals surface area contributed by atoms with Crippen molar-refractivity contribution in [3.8, 4) is 27.7 Å². The molecule has 0 bridgehead atoms. The van der Waals surface area contributed by atoms with Gasteiger partial charge in [-0.3, -0.25) is 0 Å². The van der Waals surface area contributed by atoms with Gasteiger partial charge in [0.2, 0.25) is 6.79 Å². The molecule has 5 nitrogen and oxygen atoms in total. The highest BCUT2D eigenvalue weighted by atomic mass is 32.1. The summed E-state index contributed by atoms with van der Waals surface area (Å²) in [6, 6.07) is 13.6. The normalized spacial score (nSPS) is 13.6. The van der Waals surface area contributed by atoms with Gasteiger partial charge in [0, 0.05) is 4.88 Å². The van der Waals surface area contributed by atoms with Crippen LogP contribution in [0.15, 0.2) is 42.5 Å². The number of thiophene rings is 1. The SMILES string of the molecule is COc1ccc2c(c1)CCc1cc(C(=O)OCc3ccc4c(c3)OCO4)sc1-2. The number of hydrogen-bond donors (Lipinski definition) is 0. The number of benzene rings is 2. The Kier molecular flexibility index (Phi) is 4.20. The molecule has 0 radical (unpaired) electrons. The fourth-order valence-electron chi connectivity index (χ4n) is 3.59. The molecule has 2 aliphatic rings. The van der Waals surface area contributed by atoms with E-state index in [0.717, 1.165) is 34.8 Å². The molecule has 2 aromatic carbocycles. The molecule has 6 heteroatoms. The third-order valence-corrected chi connectivity index (χ3v) is 6.23. The Bertz CT molecular complexity index is 1070. The van der Waals surface area contributed by atoms with Crippen molar-refractivity contribution in [3.63, 3.8) is 0 Å². The number of fused-ring (bicyclic) bond motifs is 4. The van der Waals surface area contributed by atoms with Crippen LogP contribution in [0, 0.1) is 0 Å². The average molecular weight is 394 g/mol. The maximum Gasteiger partial charge on any atom is 0.348 e. The Labute approximate surface area is 166 Å². The summed E-state index contributed by atoms with van der Waals surface area (Å²) in [5.74, 6) is 1.97. The molecule has 1 aromatic heterocycles. The Morgan fingerprint density at radius 3 is 2.79 bits per heavy atom. The zero-order chi connectivity index (χ0) is 19.1. The molecule has 0 unspecified atom stereocenters. The zero-order valence-corrected chi connectivity index (χ0v) is 16.1. The van der Waals surface area contributed by atoms with E-state index in [1.54, 1.807) is 7.11 Å². The standard InChI is InChI=1S/C22H18O5S/c1-24-16-5-6-17-14(9-16)3-4-15-10-20(28-21(15)17)22(23)25-11-13-2-7-18-19(8-13)27-12-26-18/h2,5-10H,3-4,11-12H2,1H3. The topological polar surface area (TPSA) is 54.0 Å². The highest BCUT2D eigenvalue weighted by molar-refractivity contribution is 7.17. The molecule has 0 fully saturated rings. The first-order chi connectivity index (χ1) is 13.7. The fraction of sp³-hybridized carbons (Fsp3) is 0.227. The Hall–Kier alpha value is -2.99. The predicted molar refractivity (Wildman–Crippen MR) is 105 cm³/mol. The second-order valence-corrected chi connectivity index (χ2v) is 7.80. The maximum absolute atomic E-state index is 12.6. The third-order valence-electron chi connectivity index (χ3n) is 5.04. The first-order valence-electron chi connectivity index (χ1n) is 9.07. The van der Waals surface area contributed by atoms with Gasteiger partial charge in [-0.25, -0.2) is 4.79 Å². The van der Waals surface area contributed by atoms with Gasteiger partial charge >= 0.3 is 5.97 Å². The van der Waals surface area contributed by atoms with Crippen LogP contribution in [-0.2, 0) is 24.2 Å². The van der Waals surface area contributed by atoms with E-state index in [4.69, 9.17) is 18.9 Å². The van der Waals surface area contributed by atoms with E-state index in [1.807, 2.05) is 30.3 Å². The first kappa shape index (κ1) is 17.1. The number of hydrogen-bond acceptors (Lipinski definition) is 6. The summed E-state index contributed by atoms with van der Waals surface area (Å²) in [6.07, 6.45) is 1.86. The third kappa shape index (κ3) is 2.99. The minimum absolute atomic E-state index is 0.200. The van der Waals surface area contributed by atoms with Crippen molar-refractivity contribution in [3.05, 3.63) is 64.0 Å². The summed E-state index contributed by atoms with van der Waals surface area (Å²) in [4.78, 5) is 14.4. The zero-order valence-electron chi connectivity index (χ0n) is 15.3. The van der Waals surface area contributed by atoms with Crippen LogP contribution in [0.3, 0.4) is 0 Å². The van der Waals surface area contributed by atoms with E-state index in [-0.39, 0.29) is 19.4 Å². The van der Waals surface area contributed by atoms with Crippen molar-refractivity contribution < 1.29 is 23.7 Å². The molecule has 142 valence electrons. The number of carbonyl (C=O) groups excluding carboxylic acids is 1. The maximum atomic E-state index is 12.6. The van der Waals surface area contributed by atoms with Crippen molar-refractivity contribution in [1.29, 1.82) is 0 Å². The largest absolute Gasteiger partial charge is 0.497 e. The lowest BCUT2D eigenvalue weighted by Gasteiger charge is -2.16. The number of aryl methyl sites for hydroxylation is 2. The van der Waals surface area contributed by atoms with Gasteiger partial charge in [0.05, 0.1) is 7.11 Å². The Morgan fingerprint density at radius 2 is 1.89 bits per heavy atom. The van der Waals surface area contributed by atoms with E-state index >= 15 is 0 Å². The van der Waals surface area contributed by atoms with Crippen LogP contribution in [0.2, 0.25) is 0 Å². The van der Waals surface area contributed by atoms with Gasteiger partial charge in [-0.2, -0.15) is 0 Å². The van der Waals surface area contributed by atoms with Gasteiger partial charge in [0.1, 0.15) is 17.2 Å². The van der Waals surface area contributed by atoms with E-state index in [1.165, 1.54) is 28.0 Å². The van der Waals surface area contributed by atoms with Crippen molar-refractivity contribution in [2.45, 2.75) is 19.4 Å².